The van der Waals surface area contributed by atoms with Gasteiger partial charge in [0.15, 0.2) is 5.16 Å². The van der Waals surface area contributed by atoms with Crippen LogP contribution in [0.2, 0.25) is 0 Å². The van der Waals surface area contributed by atoms with Gasteiger partial charge in [0.1, 0.15) is 12.1 Å². The number of carbonyl (C=O) groups excluding carboxylic acids is 3. The van der Waals surface area contributed by atoms with Gasteiger partial charge in [-0.1, -0.05) is 54.2 Å². The van der Waals surface area contributed by atoms with E-state index in [4.69, 9.17) is 0 Å². The number of amides is 4. The molecule has 3 N–H and O–H groups in total. The van der Waals surface area contributed by atoms with Crippen molar-refractivity contribution >= 4 is 46.3 Å². The second-order valence-electron chi connectivity index (χ2n) is 8.05. The van der Waals surface area contributed by atoms with Crippen molar-refractivity contribution in [3.05, 3.63) is 84.4 Å². The minimum Gasteiger partial charge on any atom is -0.333 e. The first-order chi connectivity index (χ1) is 16.4. The first-order valence-corrected chi connectivity index (χ1v) is 11.5. The van der Waals surface area contributed by atoms with Crippen LogP contribution < -0.4 is 10.6 Å². The lowest BCUT2D eigenvalue weighted by Gasteiger charge is -2.22. The largest absolute Gasteiger partial charge is 0.333 e. The predicted octanol–water partition coefficient (Wildman–Crippen LogP) is 4.12. The number of H-pyrrole nitrogens is 1. The Balaban J connectivity index is 1.21. The molecule has 1 aliphatic heterocycles. The summed E-state index contributed by atoms with van der Waals surface area (Å²) in [6, 6.07) is 23.5. The van der Waals surface area contributed by atoms with Gasteiger partial charge in [0.2, 0.25) is 5.91 Å². The molecule has 9 heteroatoms. The Kier molecular flexibility index (Phi) is 5.54. The van der Waals surface area contributed by atoms with Crippen LogP contribution in [-0.4, -0.2) is 39.3 Å². The third kappa shape index (κ3) is 4.13. The lowest BCUT2D eigenvalue weighted by Crippen LogP contribution is -2.42. The predicted molar refractivity (Wildman–Crippen MR) is 129 cm³/mol. The highest BCUT2D eigenvalue weighted by Gasteiger charge is 2.49. The number of anilines is 1. The first kappa shape index (κ1) is 21.7. The summed E-state index contributed by atoms with van der Waals surface area (Å²) in [5.74, 6) is -0.921. The van der Waals surface area contributed by atoms with E-state index in [-0.39, 0.29) is 6.54 Å². The average Bonchev–Trinajstić information content (AvgIpc) is 3.34. The van der Waals surface area contributed by atoms with Crippen LogP contribution in [0.4, 0.5) is 10.5 Å². The Labute approximate surface area is 199 Å². The second-order valence-corrected chi connectivity index (χ2v) is 9.11. The molecule has 34 heavy (non-hydrogen) atoms. The molecule has 1 fully saturated rings. The third-order valence-corrected chi connectivity index (χ3v) is 6.54. The Morgan fingerprint density at radius 2 is 1.71 bits per heavy atom. The highest BCUT2D eigenvalue weighted by atomic mass is 32.2. The molecule has 1 aromatic heterocycles. The monoisotopic (exact) mass is 471 g/mol. The molecule has 0 saturated carbocycles. The number of aromatic nitrogens is 2. The molecule has 4 amide bonds. The Bertz CT molecular complexity index is 1350. The summed E-state index contributed by atoms with van der Waals surface area (Å²) in [6.45, 7) is 1.27. The van der Waals surface area contributed by atoms with Crippen LogP contribution >= 0.6 is 11.8 Å². The smallest absolute Gasteiger partial charge is 0.325 e. The topological polar surface area (TPSA) is 107 Å². The zero-order valence-electron chi connectivity index (χ0n) is 18.2. The summed E-state index contributed by atoms with van der Waals surface area (Å²) in [4.78, 5) is 47.7. The fraction of sp³-hybridized carbons (Fsp3) is 0.120. The van der Waals surface area contributed by atoms with E-state index < -0.39 is 23.4 Å². The van der Waals surface area contributed by atoms with Crippen molar-refractivity contribution in [1.82, 2.24) is 20.2 Å². The van der Waals surface area contributed by atoms with Gasteiger partial charge in [0, 0.05) is 10.6 Å². The van der Waals surface area contributed by atoms with Crippen molar-refractivity contribution < 1.29 is 14.4 Å². The molecule has 1 atom stereocenters. The van der Waals surface area contributed by atoms with Crippen molar-refractivity contribution in [3.63, 3.8) is 0 Å². The van der Waals surface area contributed by atoms with Crippen LogP contribution in [0, 0.1) is 0 Å². The number of imidazole rings is 1. The minimum atomic E-state index is -1.20. The molecule has 0 bridgehead atoms. The van der Waals surface area contributed by atoms with E-state index in [1.165, 1.54) is 11.8 Å². The maximum atomic E-state index is 13.0. The Hall–Kier alpha value is -4.11. The van der Waals surface area contributed by atoms with Gasteiger partial charge in [-0.3, -0.25) is 14.5 Å². The fourth-order valence-corrected chi connectivity index (χ4v) is 4.65. The molecule has 170 valence electrons. The molecule has 0 radical (unpaired) electrons. The molecule has 1 unspecified atom stereocenters. The highest BCUT2D eigenvalue weighted by Crippen LogP contribution is 2.29. The summed E-state index contributed by atoms with van der Waals surface area (Å²) in [5, 5.41) is 6.22. The van der Waals surface area contributed by atoms with Crippen molar-refractivity contribution in [3.8, 4) is 0 Å². The molecule has 2 heterocycles. The van der Waals surface area contributed by atoms with E-state index in [2.05, 4.69) is 20.6 Å². The zero-order valence-corrected chi connectivity index (χ0v) is 19.1. The Morgan fingerprint density at radius 3 is 2.44 bits per heavy atom. The van der Waals surface area contributed by atoms with Crippen molar-refractivity contribution in [2.45, 2.75) is 22.5 Å². The minimum absolute atomic E-state index is 0.372. The molecule has 1 aliphatic rings. The van der Waals surface area contributed by atoms with Gasteiger partial charge in [-0.2, -0.15) is 0 Å². The number of benzene rings is 3. The lowest BCUT2D eigenvalue weighted by molar-refractivity contribution is -0.133. The molecule has 5 rings (SSSR count). The van der Waals surface area contributed by atoms with Crippen LogP contribution in [0.5, 0.6) is 0 Å². The summed E-state index contributed by atoms with van der Waals surface area (Å²) >= 11 is 1.48. The first-order valence-electron chi connectivity index (χ1n) is 10.6. The van der Waals surface area contributed by atoms with Crippen LogP contribution in [0.25, 0.3) is 11.0 Å². The summed E-state index contributed by atoms with van der Waals surface area (Å²) in [7, 11) is 0. The van der Waals surface area contributed by atoms with Gasteiger partial charge < -0.3 is 15.6 Å². The number of aromatic amines is 1. The molecule has 1 saturated heterocycles. The number of urea groups is 1. The molecule has 8 nitrogen and oxygen atoms in total. The summed E-state index contributed by atoms with van der Waals surface area (Å²) in [5.41, 5.74) is 1.90. The molecule has 3 aromatic carbocycles. The fourth-order valence-electron chi connectivity index (χ4n) is 3.85. The van der Waals surface area contributed by atoms with E-state index in [1.54, 1.807) is 43.3 Å². The maximum Gasteiger partial charge on any atom is 0.325 e. The molecule has 0 spiro atoms. The van der Waals surface area contributed by atoms with E-state index in [9.17, 15) is 14.4 Å². The summed E-state index contributed by atoms with van der Waals surface area (Å²) in [6.07, 6.45) is 0. The van der Waals surface area contributed by atoms with Gasteiger partial charge in [-0.25, -0.2) is 9.78 Å². The van der Waals surface area contributed by atoms with Crippen LogP contribution in [-0.2, 0) is 15.1 Å². The number of carbonyl (C=O) groups is 3. The standard InChI is InChI=1S/C25H21N5O3S/c1-25(16-7-3-2-4-8-16)22(32)30(24(33)29-25)15-21(31)26-17-11-13-18(14-12-17)34-23-27-19-9-5-6-10-20(19)28-23/h2-14H,15H2,1H3,(H,26,31)(H,27,28)(H,29,33). The van der Waals surface area contributed by atoms with Gasteiger partial charge >= 0.3 is 6.03 Å². The average molecular weight is 472 g/mol. The number of imide groups is 1. The van der Waals surface area contributed by atoms with E-state index in [0.717, 1.165) is 26.0 Å². The van der Waals surface area contributed by atoms with Gasteiger partial charge in [0.05, 0.1) is 11.0 Å². The second kappa shape index (κ2) is 8.68. The third-order valence-electron chi connectivity index (χ3n) is 5.65. The van der Waals surface area contributed by atoms with E-state index in [0.29, 0.717) is 11.3 Å². The van der Waals surface area contributed by atoms with Gasteiger partial charge in [0.25, 0.3) is 5.91 Å². The molecular formula is C25H21N5O3S. The van der Waals surface area contributed by atoms with Gasteiger partial charge in [-0.05, 0) is 48.9 Å². The molecular weight excluding hydrogens is 450 g/mol. The normalized spacial score (nSPS) is 17.7. The number of fused-ring (bicyclic) bond motifs is 1. The number of hydrogen-bond donors (Lipinski definition) is 3. The molecule has 0 aliphatic carbocycles. The SMILES string of the molecule is CC1(c2ccccc2)NC(=O)N(CC(=O)Nc2ccc(Sc3nc4ccccc4[nH]3)cc2)C1=O. The number of hydrogen-bond acceptors (Lipinski definition) is 5. The Morgan fingerprint density at radius 1 is 1.00 bits per heavy atom. The van der Waals surface area contributed by atoms with E-state index >= 15 is 0 Å². The number of nitrogens with one attached hydrogen (secondary N) is 3. The van der Waals surface area contributed by atoms with Crippen molar-refractivity contribution in [2.24, 2.45) is 0 Å². The quantitative estimate of drug-likeness (QED) is 0.367. The number of para-hydroxylation sites is 2. The maximum absolute atomic E-state index is 13.0. The van der Waals surface area contributed by atoms with Crippen LogP contribution in [0.15, 0.2) is 88.9 Å². The van der Waals surface area contributed by atoms with E-state index in [1.807, 2.05) is 42.5 Å². The van der Waals surface area contributed by atoms with Crippen molar-refractivity contribution in [1.29, 1.82) is 0 Å². The molecule has 4 aromatic rings. The lowest BCUT2D eigenvalue weighted by atomic mass is 9.92. The zero-order chi connectivity index (χ0) is 23.7. The van der Waals surface area contributed by atoms with Gasteiger partial charge in [-0.15, -0.1) is 0 Å². The van der Waals surface area contributed by atoms with Crippen LogP contribution in [0.1, 0.15) is 12.5 Å². The highest BCUT2D eigenvalue weighted by molar-refractivity contribution is 7.99. The number of rotatable bonds is 6. The van der Waals surface area contributed by atoms with Crippen molar-refractivity contribution in [2.75, 3.05) is 11.9 Å². The van der Waals surface area contributed by atoms with Crippen LogP contribution in [0.3, 0.4) is 0 Å². The summed E-state index contributed by atoms with van der Waals surface area (Å²) < 4.78 is 0. The number of nitrogens with zero attached hydrogens (tertiary/aromatic N) is 2.